The number of rotatable bonds is 3. The van der Waals surface area contributed by atoms with Gasteiger partial charge in [0.1, 0.15) is 0 Å². The Morgan fingerprint density at radius 3 is 2.65 bits per heavy atom. The molecule has 0 aromatic heterocycles. The Hall–Kier alpha value is -2.37. The smallest absolute Gasteiger partial charge is 0.304 e. The van der Waals surface area contributed by atoms with Crippen molar-refractivity contribution in [3.63, 3.8) is 0 Å². The van der Waals surface area contributed by atoms with Crippen molar-refractivity contribution in [2.45, 2.75) is 25.9 Å². The third kappa shape index (κ3) is 2.03. The summed E-state index contributed by atoms with van der Waals surface area (Å²) < 4.78 is 5.36. The molecule has 1 aliphatic rings. The van der Waals surface area contributed by atoms with Crippen LogP contribution in [0.15, 0.2) is 29.4 Å². The number of nitrogens with zero attached hydrogens (tertiary/aromatic N) is 2. The van der Waals surface area contributed by atoms with E-state index < -0.39 is 11.6 Å². The molecule has 0 saturated heterocycles. The molecular weight excluding hydrogens is 260 g/mol. The van der Waals surface area contributed by atoms with E-state index in [9.17, 15) is 9.59 Å². The zero-order valence-electron chi connectivity index (χ0n) is 11.6. The molecule has 6 nitrogen and oxygen atoms in total. The molecule has 6 heteroatoms. The number of amides is 1. The van der Waals surface area contributed by atoms with Crippen molar-refractivity contribution in [3.8, 4) is 0 Å². The van der Waals surface area contributed by atoms with Gasteiger partial charge in [-0.05, 0) is 13.0 Å². The van der Waals surface area contributed by atoms with Gasteiger partial charge in [-0.15, -0.1) is 0 Å². The lowest BCUT2D eigenvalue weighted by Gasteiger charge is -2.27. The van der Waals surface area contributed by atoms with Gasteiger partial charge >= 0.3 is 5.97 Å². The summed E-state index contributed by atoms with van der Waals surface area (Å²) in [4.78, 5) is 25.5. The molecule has 1 aromatic carbocycles. The summed E-state index contributed by atoms with van der Waals surface area (Å²) in [6.45, 7) is 2.82. The minimum Gasteiger partial charge on any atom is -0.444 e. The number of hydrogen-bond acceptors (Lipinski definition) is 5. The van der Waals surface area contributed by atoms with E-state index in [-0.39, 0.29) is 12.3 Å². The molecule has 1 atom stereocenters. The molecule has 1 N–H and O–H groups in total. The van der Waals surface area contributed by atoms with E-state index in [1.807, 2.05) is 0 Å². The van der Waals surface area contributed by atoms with Crippen LogP contribution in [0.1, 0.15) is 25.8 Å². The second kappa shape index (κ2) is 4.96. The maximum absolute atomic E-state index is 12.6. The Bertz CT molecular complexity index is 597. The van der Waals surface area contributed by atoms with Crippen molar-refractivity contribution < 1.29 is 19.5 Å². The van der Waals surface area contributed by atoms with Crippen LogP contribution in [0.2, 0.25) is 0 Å². The fourth-order valence-corrected chi connectivity index (χ4v) is 2.55. The van der Waals surface area contributed by atoms with E-state index in [0.717, 1.165) is 0 Å². The van der Waals surface area contributed by atoms with Crippen LogP contribution in [0.3, 0.4) is 0 Å². The second-order valence-electron chi connectivity index (χ2n) is 4.81. The highest BCUT2D eigenvalue weighted by Crippen LogP contribution is 2.44. The van der Waals surface area contributed by atoms with Gasteiger partial charge in [-0.2, -0.15) is 0 Å². The highest BCUT2D eigenvalue weighted by atomic mass is 16.6. The first-order valence-electron chi connectivity index (χ1n) is 6.17. The van der Waals surface area contributed by atoms with Gasteiger partial charge in [0.2, 0.25) is 5.60 Å². The van der Waals surface area contributed by atoms with Crippen LogP contribution in [0.25, 0.3) is 0 Å². The maximum Gasteiger partial charge on any atom is 0.304 e. The average Bonchev–Trinajstić information content (AvgIpc) is 2.62. The lowest BCUT2D eigenvalue weighted by molar-refractivity contribution is -0.164. The molecule has 1 amide bonds. The number of esters is 1. The van der Waals surface area contributed by atoms with Gasteiger partial charge in [-0.25, -0.2) is 0 Å². The first-order valence-corrected chi connectivity index (χ1v) is 6.17. The summed E-state index contributed by atoms with van der Waals surface area (Å²) >= 11 is 0. The van der Waals surface area contributed by atoms with Crippen molar-refractivity contribution in [2.24, 2.45) is 5.16 Å². The van der Waals surface area contributed by atoms with Crippen LogP contribution in [0.5, 0.6) is 0 Å². The fourth-order valence-electron chi connectivity index (χ4n) is 2.55. The van der Waals surface area contributed by atoms with Crippen molar-refractivity contribution in [1.29, 1.82) is 0 Å². The Morgan fingerprint density at radius 1 is 1.40 bits per heavy atom. The third-order valence-corrected chi connectivity index (χ3v) is 3.34. The molecule has 0 saturated carbocycles. The van der Waals surface area contributed by atoms with Crippen molar-refractivity contribution in [1.82, 2.24) is 0 Å². The topological polar surface area (TPSA) is 79.2 Å². The van der Waals surface area contributed by atoms with Crippen LogP contribution < -0.4 is 4.90 Å². The van der Waals surface area contributed by atoms with E-state index in [1.165, 1.54) is 11.8 Å². The average molecular weight is 276 g/mol. The minimum absolute atomic E-state index is 0.0171. The monoisotopic (exact) mass is 276 g/mol. The van der Waals surface area contributed by atoms with E-state index in [2.05, 4.69) is 5.16 Å². The first-order chi connectivity index (χ1) is 9.42. The molecular formula is C14H16N2O4. The van der Waals surface area contributed by atoms with E-state index in [1.54, 1.807) is 38.2 Å². The fraction of sp³-hybridized carbons (Fsp3) is 0.357. The van der Waals surface area contributed by atoms with Gasteiger partial charge in [0.15, 0.2) is 0 Å². The Kier molecular flexibility index (Phi) is 3.48. The number of carbonyl (C=O) groups excluding carboxylic acids is 2. The third-order valence-electron chi connectivity index (χ3n) is 3.34. The predicted octanol–water partition coefficient (Wildman–Crippen LogP) is 1.66. The van der Waals surface area contributed by atoms with Crippen LogP contribution in [-0.4, -0.2) is 29.8 Å². The van der Waals surface area contributed by atoms with Gasteiger partial charge in [0.05, 0.1) is 11.4 Å². The summed E-state index contributed by atoms with van der Waals surface area (Å²) in [6.07, 6.45) is 0.0171. The Balaban J connectivity index is 2.61. The number of fused-ring (bicyclic) bond motifs is 1. The van der Waals surface area contributed by atoms with Crippen molar-refractivity contribution in [2.75, 3.05) is 11.9 Å². The molecule has 0 bridgehead atoms. The number of para-hydroxylation sites is 1. The second-order valence-corrected chi connectivity index (χ2v) is 4.81. The van der Waals surface area contributed by atoms with Crippen molar-refractivity contribution >= 4 is 23.3 Å². The molecule has 0 fully saturated rings. The van der Waals surface area contributed by atoms with Gasteiger partial charge < -0.3 is 14.8 Å². The molecule has 106 valence electrons. The minimum atomic E-state index is -1.45. The van der Waals surface area contributed by atoms with E-state index in [4.69, 9.17) is 9.94 Å². The van der Waals surface area contributed by atoms with Crippen molar-refractivity contribution in [3.05, 3.63) is 29.8 Å². The van der Waals surface area contributed by atoms with Crippen LogP contribution in [-0.2, 0) is 19.9 Å². The molecule has 20 heavy (non-hydrogen) atoms. The maximum atomic E-state index is 12.6. The molecule has 2 rings (SSSR count). The van der Waals surface area contributed by atoms with Gasteiger partial charge in [-0.1, -0.05) is 23.4 Å². The zero-order chi connectivity index (χ0) is 14.9. The number of carbonyl (C=O) groups is 2. The molecule has 1 aliphatic heterocycles. The molecule has 1 aromatic rings. The summed E-state index contributed by atoms with van der Waals surface area (Å²) in [5.74, 6) is -0.911. The number of hydrogen-bond donors (Lipinski definition) is 1. The quantitative estimate of drug-likeness (QED) is 0.394. The largest absolute Gasteiger partial charge is 0.444 e. The first kappa shape index (κ1) is 14.0. The number of ether oxygens (including phenoxy) is 1. The number of anilines is 1. The van der Waals surface area contributed by atoms with Crippen LogP contribution in [0, 0.1) is 0 Å². The normalized spacial score (nSPS) is 21.9. The number of benzene rings is 1. The predicted molar refractivity (Wildman–Crippen MR) is 72.8 cm³/mol. The highest BCUT2D eigenvalue weighted by Gasteiger charge is 2.53. The van der Waals surface area contributed by atoms with Crippen LogP contribution in [0.4, 0.5) is 5.69 Å². The van der Waals surface area contributed by atoms with Crippen LogP contribution >= 0.6 is 0 Å². The molecule has 1 heterocycles. The summed E-state index contributed by atoms with van der Waals surface area (Å²) in [5.41, 5.74) is 0.146. The van der Waals surface area contributed by atoms with E-state index in [0.29, 0.717) is 17.0 Å². The van der Waals surface area contributed by atoms with Gasteiger partial charge in [-0.3, -0.25) is 9.59 Å². The Labute approximate surface area is 116 Å². The van der Waals surface area contributed by atoms with Gasteiger partial charge in [0, 0.05) is 26.0 Å². The lowest BCUT2D eigenvalue weighted by atomic mass is 9.89. The van der Waals surface area contributed by atoms with E-state index >= 15 is 0 Å². The lowest BCUT2D eigenvalue weighted by Crippen LogP contribution is -2.43. The molecule has 0 spiro atoms. The Morgan fingerprint density at radius 2 is 2.05 bits per heavy atom. The number of likely N-dealkylation sites (N-methyl/N-ethyl adjacent to an activating group) is 1. The van der Waals surface area contributed by atoms with Gasteiger partial charge in [0.25, 0.3) is 5.91 Å². The summed E-state index contributed by atoms with van der Waals surface area (Å²) in [6, 6.07) is 7.10. The SMILES string of the molecule is CC(=O)OC1(CC(C)=NO)C(=O)N(C)c2ccccc21. The number of oxime groups is 1. The summed E-state index contributed by atoms with van der Waals surface area (Å²) in [7, 11) is 1.62. The molecule has 1 unspecified atom stereocenters. The molecule has 0 radical (unpaired) electrons. The highest BCUT2D eigenvalue weighted by molar-refractivity contribution is 6.09. The summed E-state index contributed by atoms with van der Waals surface area (Å²) in [5, 5.41) is 12.0. The zero-order valence-corrected chi connectivity index (χ0v) is 11.6. The standard InChI is InChI=1S/C14H16N2O4/c1-9(15-19)8-14(20-10(2)17)11-6-4-5-7-12(11)16(3)13(14)18/h4-7,19H,8H2,1-3H3. The molecule has 0 aliphatic carbocycles.